The third-order valence-corrected chi connectivity index (χ3v) is 3.39. The maximum Gasteiger partial charge on any atom is 0.124 e. The van der Waals surface area contributed by atoms with Crippen LogP contribution in [0, 0.1) is 12.3 Å². The number of rotatable bonds is 6. The van der Waals surface area contributed by atoms with Gasteiger partial charge in [-0.25, -0.2) is 0 Å². The van der Waals surface area contributed by atoms with Crippen molar-refractivity contribution in [3.05, 3.63) is 42.0 Å². The molecule has 0 fully saturated rings. The molecule has 2 rings (SSSR count). The Hall–Kier alpha value is -2.02. The highest BCUT2D eigenvalue weighted by Crippen LogP contribution is 2.32. The highest BCUT2D eigenvalue weighted by atomic mass is 16.5. The van der Waals surface area contributed by atoms with Gasteiger partial charge in [-0.2, -0.15) is 0 Å². The molecule has 104 valence electrons. The summed E-state index contributed by atoms with van der Waals surface area (Å²) in [5, 5.41) is 5.75. The zero-order chi connectivity index (χ0) is 14.4. The Morgan fingerprint density at radius 1 is 1.30 bits per heavy atom. The van der Waals surface area contributed by atoms with E-state index in [1.807, 2.05) is 18.2 Å². The van der Waals surface area contributed by atoms with Crippen molar-refractivity contribution in [2.24, 2.45) is 5.73 Å². The van der Waals surface area contributed by atoms with Crippen LogP contribution in [-0.2, 0) is 0 Å². The first kappa shape index (κ1) is 14.4. The maximum atomic E-state index is 5.93. The Morgan fingerprint density at radius 2 is 2.10 bits per heavy atom. The summed E-state index contributed by atoms with van der Waals surface area (Å²) < 4.78 is 5.51. The minimum Gasteiger partial charge on any atom is -0.496 e. The standard InChI is InChI=1S/C17H20N2O/c1-3-4-11-19-15(12-18)17-14-8-6-5-7-13(14)9-10-16(17)20-2/h1,5-10,15,19H,4,11-12,18H2,2H3. The fraction of sp³-hybridized carbons (Fsp3) is 0.294. The highest BCUT2D eigenvalue weighted by molar-refractivity contribution is 5.88. The van der Waals surface area contributed by atoms with Crippen LogP contribution in [-0.4, -0.2) is 20.2 Å². The molecule has 0 saturated carbocycles. The number of ether oxygens (including phenoxy) is 1. The second kappa shape index (κ2) is 6.95. The second-order valence-corrected chi connectivity index (χ2v) is 4.60. The number of terminal acetylenes is 1. The molecule has 0 aliphatic heterocycles. The van der Waals surface area contributed by atoms with Gasteiger partial charge in [-0.1, -0.05) is 30.3 Å². The Kier molecular flexibility index (Phi) is 5.00. The van der Waals surface area contributed by atoms with Crippen molar-refractivity contribution in [3.63, 3.8) is 0 Å². The van der Waals surface area contributed by atoms with Gasteiger partial charge in [0, 0.05) is 31.1 Å². The van der Waals surface area contributed by atoms with E-state index in [0.29, 0.717) is 13.0 Å². The van der Waals surface area contributed by atoms with E-state index in [2.05, 4.69) is 29.4 Å². The Labute approximate surface area is 120 Å². The number of benzene rings is 2. The van der Waals surface area contributed by atoms with Crippen molar-refractivity contribution in [1.29, 1.82) is 0 Å². The Balaban J connectivity index is 2.45. The van der Waals surface area contributed by atoms with Gasteiger partial charge in [-0.15, -0.1) is 12.3 Å². The first-order chi connectivity index (χ1) is 9.81. The zero-order valence-electron chi connectivity index (χ0n) is 11.7. The van der Waals surface area contributed by atoms with Gasteiger partial charge in [-0.05, 0) is 16.8 Å². The van der Waals surface area contributed by atoms with Crippen molar-refractivity contribution in [3.8, 4) is 18.1 Å². The molecule has 0 aliphatic rings. The summed E-state index contributed by atoms with van der Waals surface area (Å²) in [5.74, 6) is 3.48. The van der Waals surface area contributed by atoms with E-state index in [1.54, 1.807) is 7.11 Å². The molecule has 0 heterocycles. The zero-order valence-corrected chi connectivity index (χ0v) is 11.7. The lowest BCUT2D eigenvalue weighted by molar-refractivity contribution is 0.401. The van der Waals surface area contributed by atoms with Crippen molar-refractivity contribution in [2.75, 3.05) is 20.2 Å². The monoisotopic (exact) mass is 268 g/mol. The summed E-state index contributed by atoms with van der Waals surface area (Å²) in [6.07, 6.45) is 5.98. The van der Waals surface area contributed by atoms with Gasteiger partial charge >= 0.3 is 0 Å². The molecule has 3 nitrogen and oxygen atoms in total. The van der Waals surface area contributed by atoms with Crippen LogP contribution < -0.4 is 15.8 Å². The van der Waals surface area contributed by atoms with Crippen LogP contribution >= 0.6 is 0 Å². The van der Waals surface area contributed by atoms with Crippen molar-refractivity contribution in [1.82, 2.24) is 5.32 Å². The van der Waals surface area contributed by atoms with Crippen molar-refractivity contribution in [2.45, 2.75) is 12.5 Å². The molecular weight excluding hydrogens is 248 g/mol. The van der Waals surface area contributed by atoms with E-state index in [-0.39, 0.29) is 6.04 Å². The lowest BCUT2D eigenvalue weighted by Gasteiger charge is -2.21. The Morgan fingerprint density at radius 3 is 2.80 bits per heavy atom. The van der Waals surface area contributed by atoms with Crippen molar-refractivity contribution < 1.29 is 4.74 Å². The summed E-state index contributed by atoms with van der Waals surface area (Å²) in [6.45, 7) is 1.24. The van der Waals surface area contributed by atoms with Gasteiger partial charge in [0.25, 0.3) is 0 Å². The van der Waals surface area contributed by atoms with Crippen LogP contribution in [0.4, 0.5) is 0 Å². The molecule has 0 saturated heterocycles. The minimum atomic E-state index is 0.0319. The molecule has 0 amide bonds. The van der Waals surface area contributed by atoms with Gasteiger partial charge in [0.2, 0.25) is 0 Å². The predicted molar refractivity (Wildman–Crippen MR) is 83.7 cm³/mol. The number of hydrogen-bond acceptors (Lipinski definition) is 3. The largest absolute Gasteiger partial charge is 0.496 e. The maximum absolute atomic E-state index is 5.93. The van der Waals surface area contributed by atoms with Crippen LogP contribution in [0.1, 0.15) is 18.0 Å². The summed E-state index contributed by atoms with van der Waals surface area (Å²) in [7, 11) is 1.68. The number of hydrogen-bond donors (Lipinski definition) is 2. The van der Waals surface area contributed by atoms with E-state index < -0.39 is 0 Å². The molecule has 0 aliphatic carbocycles. The third-order valence-electron chi connectivity index (χ3n) is 3.39. The summed E-state index contributed by atoms with van der Waals surface area (Å²) in [4.78, 5) is 0. The highest BCUT2D eigenvalue weighted by Gasteiger charge is 2.17. The summed E-state index contributed by atoms with van der Waals surface area (Å²) in [5.41, 5.74) is 7.03. The predicted octanol–water partition coefficient (Wildman–Crippen LogP) is 2.46. The van der Waals surface area contributed by atoms with Gasteiger partial charge in [0.1, 0.15) is 5.75 Å². The normalized spacial score (nSPS) is 12.1. The molecule has 20 heavy (non-hydrogen) atoms. The molecule has 1 atom stereocenters. The van der Waals surface area contributed by atoms with Gasteiger partial charge in [-0.3, -0.25) is 0 Å². The number of nitrogens with two attached hydrogens (primary N) is 1. The van der Waals surface area contributed by atoms with Gasteiger partial charge in [0.15, 0.2) is 0 Å². The molecular formula is C17H20N2O. The molecule has 0 radical (unpaired) electrons. The molecule has 2 aromatic rings. The molecule has 0 aromatic heterocycles. The van der Waals surface area contributed by atoms with Crippen LogP contribution in [0.25, 0.3) is 10.8 Å². The molecule has 0 bridgehead atoms. The quantitative estimate of drug-likeness (QED) is 0.625. The van der Waals surface area contributed by atoms with Crippen molar-refractivity contribution >= 4 is 10.8 Å². The molecule has 2 aromatic carbocycles. The van der Waals surface area contributed by atoms with Crippen LogP contribution in [0.3, 0.4) is 0 Å². The van der Waals surface area contributed by atoms with E-state index in [1.165, 1.54) is 5.39 Å². The topological polar surface area (TPSA) is 47.3 Å². The van der Waals surface area contributed by atoms with Gasteiger partial charge < -0.3 is 15.8 Å². The Bertz CT molecular complexity index is 616. The average Bonchev–Trinajstić information content (AvgIpc) is 2.51. The average molecular weight is 268 g/mol. The lowest BCUT2D eigenvalue weighted by Crippen LogP contribution is -2.29. The summed E-state index contributed by atoms with van der Waals surface area (Å²) >= 11 is 0. The summed E-state index contributed by atoms with van der Waals surface area (Å²) in [6, 6.07) is 12.3. The molecule has 3 N–H and O–H groups in total. The number of fused-ring (bicyclic) bond motifs is 1. The van der Waals surface area contributed by atoms with Crippen LogP contribution in [0.5, 0.6) is 5.75 Å². The first-order valence-electron chi connectivity index (χ1n) is 6.74. The first-order valence-corrected chi connectivity index (χ1v) is 6.74. The number of nitrogens with one attached hydrogen (secondary N) is 1. The smallest absolute Gasteiger partial charge is 0.124 e. The fourth-order valence-corrected chi connectivity index (χ4v) is 2.43. The van der Waals surface area contributed by atoms with E-state index in [0.717, 1.165) is 23.2 Å². The molecule has 0 spiro atoms. The van der Waals surface area contributed by atoms with E-state index in [9.17, 15) is 0 Å². The molecule has 3 heteroatoms. The third kappa shape index (κ3) is 2.93. The van der Waals surface area contributed by atoms with Crippen LogP contribution in [0.2, 0.25) is 0 Å². The van der Waals surface area contributed by atoms with Gasteiger partial charge in [0.05, 0.1) is 7.11 Å². The fourth-order valence-electron chi connectivity index (χ4n) is 2.43. The SMILES string of the molecule is C#CCCNC(CN)c1c(OC)ccc2ccccc12. The van der Waals surface area contributed by atoms with Crippen LogP contribution in [0.15, 0.2) is 36.4 Å². The van der Waals surface area contributed by atoms with E-state index >= 15 is 0 Å². The second-order valence-electron chi connectivity index (χ2n) is 4.60. The molecule has 1 unspecified atom stereocenters. The van der Waals surface area contributed by atoms with E-state index in [4.69, 9.17) is 16.9 Å². The lowest BCUT2D eigenvalue weighted by atomic mass is 9.97. The number of methoxy groups -OCH3 is 1. The minimum absolute atomic E-state index is 0.0319.